The third-order valence-electron chi connectivity index (χ3n) is 4.59. The predicted octanol–water partition coefficient (Wildman–Crippen LogP) is 5.38. The molecule has 0 aromatic carbocycles. The van der Waals surface area contributed by atoms with Crippen LogP contribution in [0.1, 0.15) is 70.0 Å². The van der Waals surface area contributed by atoms with E-state index >= 15 is 0 Å². The molecule has 1 heterocycles. The van der Waals surface area contributed by atoms with Gasteiger partial charge in [-0.2, -0.15) is 0 Å². The molecule has 3 heteroatoms. The minimum atomic E-state index is 0.657. The Morgan fingerprint density at radius 3 is 2.33 bits per heavy atom. The Kier molecular flexibility index (Phi) is 8.35. The second kappa shape index (κ2) is 10.3. The monoisotopic (exact) mass is 309 g/mol. The highest BCUT2D eigenvalue weighted by Gasteiger charge is 2.20. The molecular weight excluding hydrogens is 278 g/mol. The second-order valence-corrected chi connectivity index (χ2v) is 7.46. The van der Waals surface area contributed by atoms with E-state index in [0.717, 1.165) is 16.8 Å². The van der Waals surface area contributed by atoms with E-state index in [1.54, 1.807) is 6.26 Å². The van der Waals surface area contributed by atoms with E-state index in [1.807, 2.05) is 6.07 Å². The molecule has 1 aromatic rings. The van der Waals surface area contributed by atoms with Crippen LogP contribution in [0.4, 0.5) is 0 Å². The lowest BCUT2D eigenvalue weighted by atomic mass is 9.97. The number of nitrogens with one attached hydrogen (secondary N) is 1. The standard InChI is InChI=1S/C18H31NOS/c1-19-17-12-8-6-4-2-3-5-7-9-13-18(17)21-15-16-11-10-14-20-16/h10-11,14,17-19H,2-9,12-13,15H2,1H3. The summed E-state index contributed by atoms with van der Waals surface area (Å²) in [6.07, 6.45) is 15.8. The highest BCUT2D eigenvalue weighted by molar-refractivity contribution is 7.99. The molecule has 2 atom stereocenters. The van der Waals surface area contributed by atoms with Crippen LogP contribution in [0.2, 0.25) is 0 Å². The molecule has 1 fully saturated rings. The minimum Gasteiger partial charge on any atom is -0.468 e. The zero-order valence-corrected chi connectivity index (χ0v) is 14.3. The summed E-state index contributed by atoms with van der Waals surface area (Å²) in [5.74, 6) is 2.12. The van der Waals surface area contributed by atoms with Crippen molar-refractivity contribution in [1.29, 1.82) is 0 Å². The van der Waals surface area contributed by atoms with E-state index in [-0.39, 0.29) is 0 Å². The van der Waals surface area contributed by atoms with E-state index in [0.29, 0.717) is 6.04 Å². The zero-order valence-electron chi connectivity index (χ0n) is 13.5. The average Bonchev–Trinajstić information content (AvgIpc) is 3.00. The number of thioether (sulfide) groups is 1. The fraction of sp³-hybridized carbons (Fsp3) is 0.778. The van der Waals surface area contributed by atoms with Crippen LogP contribution in [0.15, 0.2) is 22.8 Å². The molecule has 2 nitrogen and oxygen atoms in total. The van der Waals surface area contributed by atoms with Gasteiger partial charge in [0, 0.05) is 11.3 Å². The Balaban J connectivity index is 1.86. The van der Waals surface area contributed by atoms with Crippen molar-refractivity contribution in [2.45, 2.75) is 81.3 Å². The quantitative estimate of drug-likeness (QED) is 0.808. The normalized spacial score (nSPS) is 26.0. The van der Waals surface area contributed by atoms with Crippen molar-refractivity contribution in [3.05, 3.63) is 24.2 Å². The lowest BCUT2D eigenvalue weighted by Crippen LogP contribution is -2.36. The van der Waals surface area contributed by atoms with E-state index in [4.69, 9.17) is 4.42 Å². The summed E-state index contributed by atoms with van der Waals surface area (Å²) in [4.78, 5) is 0. The summed E-state index contributed by atoms with van der Waals surface area (Å²) in [6.45, 7) is 0. The maximum atomic E-state index is 5.49. The summed E-state index contributed by atoms with van der Waals surface area (Å²) in [7, 11) is 2.14. The van der Waals surface area contributed by atoms with Crippen LogP contribution < -0.4 is 5.32 Å². The molecule has 120 valence electrons. The lowest BCUT2D eigenvalue weighted by molar-refractivity contribution is 0.433. The van der Waals surface area contributed by atoms with Gasteiger partial charge in [0.25, 0.3) is 0 Å². The Morgan fingerprint density at radius 2 is 1.71 bits per heavy atom. The van der Waals surface area contributed by atoms with Crippen molar-refractivity contribution in [2.24, 2.45) is 0 Å². The fourth-order valence-electron chi connectivity index (χ4n) is 3.27. The third-order valence-corrected chi connectivity index (χ3v) is 6.04. The lowest BCUT2D eigenvalue weighted by Gasteiger charge is -2.27. The molecule has 1 saturated carbocycles. The van der Waals surface area contributed by atoms with E-state index in [1.165, 1.54) is 64.2 Å². The van der Waals surface area contributed by atoms with E-state index in [2.05, 4.69) is 30.2 Å². The van der Waals surface area contributed by atoms with Crippen LogP contribution >= 0.6 is 11.8 Å². The number of rotatable bonds is 4. The molecule has 0 spiro atoms. The van der Waals surface area contributed by atoms with Crippen LogP contribution in [0, 0.1) is 0 Å². The van der Waals surface area contributed by atoms with Crippen molar-refractivity contribution in [2.75, 3.05) is 7.05 Å². The summed E-state index contributed by atoms with van der Waals surface area (Å²) in [5.41, 5.74) is 0. The summed E-state index contributed by atoms with van der Waals surface area (Å²) in [5, 5.41) is 4.31. The average molecular weight is 310 g/mol. The molecule has 1 N–H and O–H groups in total. The van der Waals surface area contributed by atoms with Gasteiger partial charge in [0.1, 0.15) is 5.76 Å². The van der Waals surface area contributed by atoms with E-state index in [9.17, 15) is 0 Å². The molecule has 1 aliphatic rings. The first-order valence-electron chi connectivity index (χ1n) is 8.71. The zero-order chi connectivity index (χ0) is 14.8. The Morgan fingerprint density at radius 1 is 1.05 bits per heavy atom. The number of hydrogen-bond acceptors (Lipinski definition) is 3. The molecule has 0 radical (unpaired) electrons. The smallest absolute Gasteiger partial charge is 0.113 e. The highest BCUT2D eigenvalue weighted by Crippen LogP contribution is 2.28. The maximum absolute atomic E-state index is 5.49. The Hall–Kier alpha value is -0.410. The van der Waals surface area contributed by atoms with Gasteiger partial charge in [-0.05, 0) is 32.0 Å². The molecule has 0 aliphatic heterocycles. The molecule has 0 amide bonds. The summed E-state index contributed by atoms with van der Waals surface area (Å²) < 4.78 is 5.49. The number of furan rings is 1. The van der Waals surface area contributed by atoms with Gasteiger partial charge in [0.15, 0.2) is 0 Å². The second-order valence-electron chi connectivity index (χ2n) is 6.23. The van der Waals surface area contributed by atoms with Crippen LogP contribution in [-0.4, -0.2) is 18.3 Å². The molecule has 21 heavy (non-hydrogen) atoms. The van der Waals surface area contributed by atoms with Crippen LogP contribution in [0.3, 0.4) is 0 Å². The largest absolute Gasteiger partial charge is 0.468 e. The molecule has 2 unspecified atom stereocenters. The van der Waals surface area contributed by atoms with Crippen molar-refractivity contribution in [3.63, 3.8) is 0 Å². The minimum absolute atomic E-state index is 0.657. The molecule has 2 rings (SSSR count). The topological polar surface area (TPSA) is 25.2 Å². The van der Waals surface area contributed by atoms with Crippen LogP contribution in [0.25, 0.3) is 0 Å². The van der Waals surface area contributed by atoms with Crippen molar-refractivity contribution in [3.8, 4) is 0 Å². The van der Waals surface area contributed by atoms with Gasteiger partial charge in [0.2, 0.25) is 0 Å². The third kappa shape index (κ3) is 6.48. The van der Waals surface area contributed by atoms with Gasteiger partial charge < -0.3 is 9.73 Å². The Labute approximate surface area is 134 Å². The van der Waals surface area contributed by atoms with Gasteiger partial charge in [-0.1, -0.05) is 51.4 Å². The maximum Gasteiger partial charge on any atom is 0.113 e. The SMILES string of the molecule is CNC1CCCCCCCCCCC1SCc1ccco1. The summed E-state index contributed by atoms with van der Waals surface area (Å²) >= 11 is 2.08. The van der Waals surface area contributed by atoms with Gasteiger partial charge in [-0.15, -0.1) is 11.8 Å². The summed E-state index contributed by atoms with van der Waals surface area (Å²) in [6, 6.07) is 4.74. The molecule has 0 saturated heterocycles. The van der Waals surface area contributed by atoms with Crippen LogP contribution in [-0.2, 0) is 5.75 Å². The molecular formula is C18H31NOS. The van der Waals surface area contributed by atoms with Crippen molar-refractivity contribution >= 4 is 11.8 Å². The fourth-order valence-corrected chi connectivity index (χ4v) is 4.65. The molecule has 0 bridgehead atoms. The van der Waals surface area contributed by atoms with Gasteiger partial charge in [-0.3, -0.25) is 0 Å². The first-order chi connectivity index (χ1) is 10.4. The van der Waals surface area contributed by atoms with Crippen molar-refractivity contribution < 1.29 is 4.42 Å². The van der Waals surface area contributed by atoms with Gasteiger partial charge >= 0.3 is 0 Å². The Bertz CT molecular complexity index is 352. The number of hydrogen-bond donors (Lipinski definition) is 1. The van der Waals surface area contributed by atoms with Gasteiger partial charge in [0.05, 0.1) is 12.0 Å². The van der Waals surface area contributed by atoms with Crippen molar-refractivity contribution in [1.82, 2.24) is 5.32 Å². The van der Waals surface area contributed by atoms with Gasteiger partial charge in [-0.25, -0.2) is 0 Å². The predicted molar refractivity (Wildman–Crippen MR) is 92.8 cm³/mol. The van der Waals surface area contributed by atoms with Crippen LogP contribution in [0.5, 0.6) is 0 Å². The first-order valence-corrected chi connectivity index (χ1v) is 9.76. The van der Waals surface area contributed by atoms with E-state index < -0.39 is 0 Å². The molecule has 1 aromatic heterocycles. The first kappa shape index (κ1) is 17.0. The highest BCUT2D eigenvalue weighted by atomic mass is 32.2. The molecule has 1 aliphatic carbocycles.